The van der Waals surface area contributed by atoms with Gasteiger partial charge in [-0.15, -0.1) is 0 Å². The van der Waals surface area contributed by atoms with Crippen LogP contribution in [0.5, 0.6) is 0 Å². The SMILES string of the molecule is CC(=O)N1c2ccc(NC3CCNCC3)cc2C[C@@H](C)[C@@H]1C. The smallest absolute Gasteiger partial charge is 0.224 e. The lowest BCUT2D eigenvalue weighted by molar-refractivity contribution is -0.117. The first kappa shape index (κ1) is 15.3. The molecule has 0 radical (unpaired) electrons. The molecule has 0 saturated carbocycles. The minimum Gasteiger partial charge on any atom is -0.382 e. The Hall–Kier alpha value is -1.55. The van der Waals surface area contributed by atoms with E-state index in [1.807, 2.05) is 4.90 Å². The third-order valence-electron chi connectivity index (χ3n) is 5.16. The van der Waals surface area contributed by atoms with Gasteiger partial charge in [0.15, 0.2) is 0 Å². The molecule has 1 amide bonds. The molecule has 1 aromatic rings. The first-order chi connectivity index (χ1) is 10.6. The summed E-state index contributed by atoms with van der Waals surface area (Å²) in [5.74, 6) is 0.630. The second-order valence-corrected chi connectivity index (χ2v) is 6.82. The number of fused-ring (bicyclic) bond motifs is 1. The minimum atomic E-state index is 0.138. The van der Waals surface area contributed by atoms with Crippen LogP contribution in [-0.4, -0.2) is 31.1 Å². The third kappa shape index (κ3) is 2.98. The normalized spacial score (nSPS) is 25.7. The Morgan fingerprint density at radius 1 is 1.27 bits per heavy atom. The van der Waals surface area contributed by atoms with Crippen molar-refractivity contribution in [1.29, 1.82) is 0 Å². The highest BCUT2D eigenvalue weighted by Crippen LogP contribution is 2.35. The van der Waals surface area contributed by atoms with Gasteiger partial charge in [-0.3, -0.25) is 4.79 Å². The van der Waals surface area contributed by atoms with Gasteiger partial charge in [0.25, 0.3) is 0 Å². The predicted molar refractivity (Wildman–Crippen MR) is 91.4 cm³/mol. The monoisotopic (exact) mass is 301 g/mol. The van der Waals surface area contributed by atoms with Gasteiger partial charge in [-0.1, -0.05) is 6.92 Å². The molecule has 22 heavy (non-hydrogen) atoms. The summed E-state index contributed by atoms with van der Waals surface area (Å²) in [6.45, 7) is 8.23. The maximum Gasteiger partial charge on any atom is 0.224 e. The van der Waals surface area contributed by atoms with Crippen LogP contribution in [0.3, 0.4) is 0 Å². The van der Waals surface area contributed by atoms with Crippen molar-refractivity contribution in [3.8, 4) is 0 Å². The Balaban J connectivity index is 1.83. The molecule has 2 heterocycles. The fourth-order valence-corrected chi connectivity index (χ4v) is 3.72. The molecule has 3 rings (SSSR count). The van der Waals surface area contributed by atoms with Gasteiger partial charge in [-0.05, 0) is 69.0 Å². The molecule has 2 aliphatic rings. The van der Waals surface area contributed by atoms with Gasteiger partial charge in [0, 0.05) is 30.4 Å². The van der Waals surface area contributed by atoms with E-state index in [2.05, 4.69) is 42.7 Å². The van der Waals surface area contributed by atoms with E-state index in [1.54, 1.807) is 6.92 Å². The van der Waals surface area contributed by atoms with Gasteiger partial charge in [0.1, 0.15) is 0 Å². The van der Waals surface area contributed by atoms with E-state index in [0.29, 0.717) is 12.0 Å². The number of benzene rings is 1. The fourth-order valence-electron chi connectivity index (χ4n) is 3.72. The standard InChI is InChI=1S/C18H27N3O/c1-12-10-15-11-17(20-16-6-8-19-9-7-16)4-5-18(15)21(13(12)2)14(3)22/h4-5,11-13,16,19-20H,6-10H2,1-3H3/t12-,13+/m1/s1. The van der Waals surface area contributed by atoms with Gasteiger partial charge >= 0.3 is 0 Å². The molecule has 2 atom stereocenters. The molecule has 2 N–H and O–H groups in total. The summed E-state index contributed by atoms with van der Waals surface area (Å²) in [7, 11) is 0. The summed E-state index contributed by atoms with van der Waals surface area (Å²) >= 11 is 0. The highest BCUT2D eigenvalue weighted by Gasteiger charge is 2.31. The average Bonchev–Trinajstić information content (AvgIpc) is 2.49. The molecule has 4 nitrogen and oxygen atoms in total. The van der Waals surface area contributed by atoms with Crippen molar-refractivity contribution in [3.05, 3.63) is 23.8 Å². The number of carbonyl (C=O) groups excluding carboxylic acids is 1. The quantitative estimate of drug-likeness (QED) is 0.883. The zero-order valence-electron chi connectivity index (χ0n) is 13.9. The number of anilines is 2. The van der Waals surface area contributed by atoms with Gasteiger partial charge in [-0.25, -0.2) is 0 Å². The summed E-state index contributed by atoms with van der Waals surface area (Å²) in [6.07, 6.45) is 3.39. The number of amides is 1. The maximum absolute atomic E-state index is 12.0. The first-order valence-electron chi connectivity index (χ1n) is 8.46. The maximum atomic E-state index is 12.0. The van der Waals surface area contributed by atoms with Crippen molar-refractivity contribution in [1.82, 2.24) is 5.32 Å². The summed E-state index contributed by atoms with van der Waals surface area (Å²) in [5.41, 5.74) is 3.57. The van der Waals surface area contributed by atoms with Gasteiger partial charge in [0.2, 0.25) is 5.91 Å². The molecule has 120 valence electrons. The van der Waals surface area contributed by atoms with E-state index < -0.39 is 0 Å². The van der Waals surface area contributed by atoms with E-state index in [4.69, 9.17) is 0 Å². The fraction of sp³-hybridized carbons (Fsp3) is 0.611. The third-order valence-corrected chi connectivity index (χ3v) is 5.16. The van der Waals surface area contributed by atoms with Crippen molar-refractivity contribution in [2.24, 2.45) is 5.92 Å². The van der Waals surface area contributed by atoms with Crippen LogP contribution in [0.2, 0.25) is 0 Å². The van der Waals surface area contributed by atoms with Crippen LogP contribution in [0.25, 0.3) is 0 Å². The average molecular weight is 301 g/mol. The summed E-state index contributed by atoms with van der Waals surface area (Å²) in [6, 6.07) is 7.31. The van der Waals surface area contributed by atoms with E-state index in [-0.39, 0.29) is 11.9 Å². The lowest BCUT2D eigenvalue weighted by Gasteiger charge is -2.39. The Bertz CT molecular complexity index is 551. The molecule has 0 unspecified atom stereocenters. The van der Waals surface area contributed by atoms with Gasteiger partial charge in [-0.2, -0.15) is 0 Å². The molecular formula is C18H27N3O. The first-order valence-corrected chi connectivity index (χ1v) is 8.46. The highest BCUT2D eigenvalue weighted by atomic mass is 16.2. The van der Waals surface area contributed by atoms with Crippen molar-refractivity contribution in [2.75, 3.05) is 23.3 Å². The van der Waals surface area contributed by atoms with Gasteiger partial charge in [0.05, 0.1) is 0 Å². The minimum absolute atomic E-state index is 0.138. The molecule has 0 aromatic heterocycles. The van der Waals surface area contributed by atoms with Crippen LogP contribution in [0.1, 0.15) is 39.2 Å². The molecule has 0 spiro atoms. The second kappa shape index (κ2) is 6.29. The Labute approximate surface area is 133 Å². The van der Waals surface area contributed by atoms with Crippen molar-refractivity contribution >= 4 is 17.3 Å². The summed E-state index contributed by atoms with van der Waals surface area (Å²) < 4.78 is 0. The van der Waals surface area contributed by atoms with E-state index in [1.165, 1.54) is 24.1 Å². The van der Waals surface area contributed by atoms with Crippen molar-refractivity contribution in [3.63, 3.8) is 0 Å². The van der Waals surface area contributed by atoms with Crippen LogP contribution in [0.4, 0.5) is 11.4 Å². The molecule has 4 heteroatoms. The number of hydrogen-bond donors (Lipinski definition) is 2. The zero-order valence-corrected chi connectivity index (χ0v) is 13.9. The van der Waals surface area contributed by atoms with Crippen LogP contribution in [0.15, 0.2) is 18.2 Å². The molecule has 0 aliphatic carbocycles. The van der Waals surface area contributed by atoms with Gasteiger partial charge < -0.3 is 15.5 Å². The van der Waals surface area contributed by atoms with Crippen LogP contribution in [0, 0.1) is 5.92 Å². The molecule has 2 aliphatic heterocycles. The van der Waals surface area contributed by atoms with Crippen LogP contribution in [-0.2, 0) is 11.2 Å². The molecule has 1 saturated heterocycles. The Morgan fingerprint density at radius 2 is 2.00 bits per heavy atom. The summed E-state index contributed by atoms with van der Waals surface area (Å²) in [4.78, 5) is 14.0. The highest BCUT2D eigenvalue weighted by molar-refractivity contribution is 5.93. The van der Waals surface area contributed by atoms with Crippen molar-refractivity contribution in [2.45, 2.75) is 52.1 Å². The van der Waals surface area contributed by atoms with Crippen LogP contribution >= 0.6 is 0 Å². The largest absolute Gasteiger partial charge is 0.382 e. The topological polar surface area (TPSA) is 44.4 Å². The lowest BCUT2D eigenvalue weighted by atomic mass is 9.87. The molecular weight excluding hydrogens is 274 g/mol. The number of nitrogens with zero attached hydrogens (tertiary/aromatic N) is 1. The summed E-state index contributed by atoms with van der Waals surface area (Å²) in [5, 5.41) is 7.05. The zero-order chi connectivity index (χ0) is 15.7. The van der Waals surface area contributed by atoms with E-state index in [9.17, 15) is 4.79 Å². The van der Waals surface area contributed by atoms with Crippen LogP contribution < -0.4 is 15.5 Å². The lowest BCUT2D eigenvalue weighted by Crippen LogP contribution is -2.45. The van der Waals surface area contributed by atoms with E-state index in [0.717, 1.165) is 25.2 Å². The number of hydrogen-bond acceptors (Lipinski definition) is 3. The number of piperidine rings is 1. The van der Waals surface area contributed by atoms with E-state index >= 15 is 0 Å². The number of nitrogens with one attached hydrogen (secondary N) is 2. The molecule has 1 aromatic carbocycles. The Morgan fingerprint density at radius 3 is 2.68 bits per heavy atom. The predicted octanol–water partition coefficient (Wildman–Crippen LogP) is 2.78. The Kier molecular flexibility index (Phi) is 4.39. The van der Waals surface area contributed by atoms with Crippen molar-refractivity contribution < 1.29 is 4.79 Å². The second-order valence-electron chi connectivity index (χ2n) is 6.82. The number of carbonyl (C=O) groups is 1. The molecule has 1 fully saturated rings. The molecule has 0 bridgehead atoms. The number of rotatable bonds is 2.